The number of thiophene rings is 6. The van der Waals surface area contributed by atoms with Crippen molar-refractivity contribution in [1.82, 2.24) is 4.86 Å². The summed E-state index contributed by atoms with van der Waals surface area (Å²) in [4.78, 5) is 4.32. The summed E-state index contributed by atoms with van der Waals surface area (Å²) in [5, 5.41) is 34.6. The molecular weight excluding hydrogens is 616 g/mol. The molecule has 0 amide bonds. The van der Waals surface area contributed by atoms with Crippen molar-refractivity contribution in [3.63, 3.8) is 0 Å². The third-order valence-corrected chi connectivity index (χ3v) is 23.8. The number of hydrogen-bond acceptors (Lipinski definition) is 9. The molecule has 12 heteroatoms. The van der Waals surface area contributed by atoms with Crippen LogP contribution in [-0.2, 0) is 0 Å². The zero-order valence-electron chi connectivity index (χ0n) is 18.6. The van der Waals surface area contributed by atoms with Gasteiger partial charge in [0.25, 0.3) is 7.56 Å². The van der Waals surface area contributed by atoms with Crippen molar-refractivity contribution in [2.45, 2.75) is 0 Å². The Labute approximate surface area is 234 Å². The lowest BCUT2D eigenvalue weighted by Crippen LogP contribution is -2.37. The molecule has 0 saturated heterocycles. The van der Waals surface area contributed by atoms with Crippen LogP contribution in [0, 0.1) is 0 Å². The van der Waals surface area contributed by atoms with Gasteiger partial charge in [0, 0.05) is 53.5 Å². The smallest absolute Gasteiger partial charge is 0.223 e. The summed E-state index contributed by atoms with van der Waals surface area (Å²) >= 11 is 10.5. The van der Waals surface area contributed by atoms with Crippen molar-refractivity contribution in [2.24, 2.45) is 9.03 Å². The highest BCUT2D eigenvalue weighted by Crippen LogP contribution is 2.77. The first kappa shape index (κ1) is 24.1. The van der Waals surface area contributed by atoms with E-state index >= 15 is 0 Å². The predicted octanol–water partition coefficient (Wildman–Crippen LogP) is 7.99. The van der Waals surface area contributed by atoms with Crippen LogP contribution >= 0.6 is 90.0 Å². The van der Waals surface area contributed by atoms with Gasteiger partial charge < -0.3 is 0 Å². The molecule has 0 spiro atoms. The molecule has 0 bridgehead atoms. The Kier molecular flexibility index (Phi) is 6.47. The van der Waals surface area contributed by atoms with Gasteiger partial charge in [-0.05, 0) is 68.7 Å². The third-order valence-electron chi connectivity index (χ3n) is 6.07. The topological polar surface area (TPSA) is 36.8 Å². The highest BCUT2D eigenvalue weighted by molar-refractivity contribution is 8.05. The molecule has 6 aromatic heterocycles. The van der Waals surface area contributed by atoms with E-state index in [0.29, 0.717) is 0 Å². The fraction of sp³-hybridized carbons (Fsp3) is 0. The lowest BCUT2D eigenvalue weighted by Gasteiger charge is -2.37. The molecule has 0 atom stereocenters. The van der Waals surface area contributed by atoms with Crippen LogP contribution in [0.3, 0.4) is 0 Å². The van der Waals surface area contributed by atoms with Gasteiger partial charge in [0.15, 0.2) is 17.8 Å². The van der Waals surface area contributed by atoms with E-state index < -0.39 is 22.0 Å². The molecule has 1 N–H and O–H groups in total. The number of rotatable bonds is 6. The molecule has 1 aliphatic rings. The van der Waals surface area contributed by atoms with Crippen molar-refractivity contribution >= 4 is 122 Å². The van der Waals surface area contributed by atoms with Crippen LogP contribution in [0.1, 0.15) is 0 Å². The maximum Gasteiger partial charge on any atom is 0.273 e. The second-order valence-electron chi connectivity index (χ2n) is 8.04. The van der Waals surface area contributed by atoms with E-state index in [1.54, 1.807) is 68.0 Å². The van der Waals surface area contributed by atoms with Gasteiger partial charge in [-0.3, -0.25) is 0 Å². The fourth-order valence-corrected chi connectivity index (χ4v) is 26.9. The zero-order valence-corrected chi connectivity index (χ0v) is 26.2. The zero-order chi connectivity index (χ0) is 24.1. The molecule has 36 heavy (non-hydrogen) atoms. The Morgan fingerprint density at radius 1 is 0.528 bits per heavy atom. The number of nitrogens with zero attached hydrogens (tertiary/aromatic N) is 2. The summed E-state index contributed by atoms with van der Waals surface area (Å²) < 4.78 is 12.1. The lowest BCUT2D eigenvalue weighted by molar-refractivity contribution is 1.50. The van der Waals surface area contributed by atoms with Crippen molar-refractivity contribution in [3.05, 3.63) is 101 Å². The van der Waals surface area contributed by atoms with Crippen LogP contribution < -0.4 is 36.7 Å². The van der Waals surface area contributed by atoms with Gasteiger partial charge in [0.1, 0.15) is 7.21 Å². The molecule has 7 rings (SSSR count). The molecule has 1 aliphatic heterocycles. The minimum atomic E-state index is -2.48. The van der Waals surface area contributed by atoms with E-state index in [-0.39, 0.29) is 0 Å². The fourth-order valence-electron chi connectivity index (χ4n) is 4.38. The molecule has 180 valence electrons. The average molecular weight is 635 g/mol. The Balaban J connectivity index is 1.71. The van der Waals surface area contributed by atoms with E-state index in [0.717, 1.165) is 0 Å². The van der Waals surface area contributed by atoms with Crippen LogP contribution in [0.4, 0.5) is 0 Å². The Bertz CT molecular complexity index is 1560. The summed E-state index contributed by atoms with van der Waals surface area (Å²) in [6, 6.07) is 13.7. The first-order chi connectivity index (χ1) is 17.8. The van der Waals surface area contributed by atoms with Crippen LogP contribution in [0.5, 0.6) is 0 Å². The molecule has 0 aromatic carbocycles. The molecule has 0 aliphatic carbocycles. The van der Waals surface area contributed by atoms with E-state index in [1.807, 2.05) is 0 Å². The Hall–Kier alpha value is -0.950. The van der Waals surface area contributed by atoms with Gasteiger partial charge in [0.05, 0.1) is 0 Å². The van der Waals surface area contributed by atoms with Gasteiger partial charge in [-0.2, -0.15) is 45.3 Å². The highest BCUT2D eigenvalue weighted by Gasteiger charge is 2.56. The van der Waals surface area contributed by atoms with Crippen molar-refractivity contribution in [3.8, 4) is 0 Å². The van der Waals surface area contributed by atoms with Gasteiger partial charge in [0.2, 0.25) is 0 Å². The van der Waals surface area contributed by atoms with Gasteiger partial charge in [-0.25, -0.2) is 4.52 Å². The third kappa shape index (κ3) is 3.76. The van der Waals surface area contributed by atoms with E-state index in [9.17, 15) is 0 Å². The number of nitrogens with one attached hydrogen (secondary N) is 1. The van der Waals surface area contributed by atoms with E-state index in [4.69, 9.17) is 9.03 Å². The van der Waals surface area contributed by atoms with Crippen LogP contribution in [-0.4, -0.2) is 0 Å². The standard InChI is InChI=1S/C24H19N3P3S6/c1-7-31-13-19(1)28(20-2-8-32-14-20)25-29(21-3-9-33-15-21,22-4-10-34-16-22)27-30(26-28,23-5-11-35-17-23)24-6-12-36-18-24/h1-18,25H/q+1. The average Bonchev–Trinajstić information content (AvgIpc) is 3.80. The quantitative estimate of drug-likeness (QED) is 0.185. The summed E-state index contributed by atoms with van der Waals surface area (Å²) in [5.74, 6) is 0. The summed E-state index contributed by atoms with van der Waals surface area (Å²) in [5.41, 5.74) is 0. The highest BCUT2D eigenvalue weighted by atomic mass is 32.1. The second kappa shape index (κ2) is 9.66. The van der Waals surface area contributed by atoms with Gasteiger partial charge >= 0.3 is 0 Å². The molecule has 0 radical (unpaired) electrons. The van der Waals surface area contributed by atoms with Crippen LogP contribution in [0.2, 0.25) is 0 Å². The van der Waals surface area contributed by atoms with Crippen molar-refractivity contribution < 1.29 is 0 Å². The van der Waals surface area contributed by atoms with Crippen molar-refractivity contribution in [1.29, 1.82) is 0 Å². The molecule has 3 nitrogen and oxygen atoms in total. The van der Waals surface area contributed by atoms with E-state index in [2.05, 4.69) is 106 Å². The van der Waals surface area contributed by atoms with Crippen LogP contribution in [0.15, 0.2) is 110 Å². The van der Waals surface area contributed by atoms with Gasteiger partial charge in [-0.1, -0.05) is 4.52 Å². The summed E-state index contributed by atoms with van der Waals surface area (Å²) in [6.45, 7) is 0. The molecule has 0 fully saturated rings. The van der Waals surface area contributed by atoms with Gasteiger partial charge in [-0.15, -0.1) is 27.5 Å². The molecule has 0 unspecified atom stereocenters. The number of hydrogen-bond donors (Lipinski definition) is 1. The maximum absolute atomic E-state index is 6.04. The summed E-state index contributed by atoms with van der Waals surface area (Å²) in [7, 11) is -7.26. The molecule has 7 heterocycles. The molecule has 0 saturated carbocycles. The SMILES string of the molecule is c1cc(P2(c3ccsc3)=N[P+](c3ccsc3)(c3ccsc3)NP(c3ccsc3)(c3ccsc3)=N2)cs1. The Morgan fingerprint density at radius 3 is 1.33 bits per heavy atom. The summed E-state index contributed by atoms with van der Waals surface area (Å²) in [6.07, 6.45) is 0. The maximum atomic E-state index is 6.04. The monoisotopic (exact) mass is 634 g/mol. The lowest BCUT2D eigenvalue weighted by atomic mass is 10.7. The van der Waals surface area contributed by atoms with E-state index in [1.165, 1.54) is 31.8 Å². The molecular formula is C24H19N3P3S6+. The second-order valence-corrected chi connectivity index (χ2v) is 21.8. The molecule has 6 aromatic rings. The Morgan fingerprint density at radius 2 is 0.944 bits per heavy atom. The minimum absolute atomic E-state index is 1.26. The normalized spacial score (nSPS) is 17.9. The van der Waals surface area contributed by atoms with Crippen molar-refractivity contribution in [2.75, 3.05) is 0 Å². The largest absolute Gasteiger partial charge is 0.273 e. The minimum Gasteiger partial charge on any atom is -0.223 e. The predicted molar refractivity (Wildman–Crippen MR) is 172 cm³/mol. The first-order valence-electron chi connectivity index (χ1n) is 10.9. The van der Waals surface area contributed by atoms with Crippen LogP contribution in [0.25, 0.3) is 0 Å². The first-order valence-corrected chi connectivity index (χ1v) is 21.7.